The van der Waals surface area contributed by atoms with Gasteiger partial charge < -0.3 is 10.0 Å². The first-order valence-corrected chi connectivity index (χ1v) is 7.69. The van der Waals surface area contributed by atoms with E-state index < -0.39 is 11.9 Å². The van der Waals surface area contributed by atoms with Crippen molar-refractivity contribution in [3.05, 3.63) is 22.4 Å². The van der Waals surface area contributed by atoms with E-state index in [9.17, 15) is 14.7 Å². The number of rotatable bonds is 3. The zero-order valence-electron chi connectivity index (χ0n) is 10.6. The zero-order chi connectivity index (χ0) is 13.4. The second-order valence-electron chi connectivity index (χ2n) is 5.37. The van der Waals surface area contributed by atoms with Gasteiger partial charge in [-0.2, -0.15) is 11.3 Å². The molecule has 1 aromatic rings. The number of carboxylic acid groups (broad SMARTS) is 1. The van der Waals surface area contributed by atoms with Crippen molar-refractivity contribution < 1.29 is 14.7 Å². The van der Waals surface area contributed by atoms with Crippen LogP contribution in [0.4, 0.5) is 0 Å². The third-order valence-corrected chi connectivity index (χ3v) is 4.72. The first kappa shape index (κ1) is 12.7. The molecule has 4 nitrogen and oxygen atoms in total. The number of amides is 1. The summed E-state index contributed by atoms with van der Waals surface area (Å²) in [4.78, 5) is 25.7. The maximum Gasteiger partial charge on any atom is 0.308 e. The molecule has 0 aromatic carbocycles. The molecule has 5 heteroatoms. The molecule has 2 heterocycles. The average Bonchev–Trinajstić information content (AvgIpc) is 3.09. The number of nitrogens with zero attached hydrogens (tertiary/aromatic N) is 1. The molecule has 0 radical (unpaired) electrons. The highest BCUT2D eigenvalue weighted by Gasteiger charge is 2.44. The van der Waals surface area contributed by atoms with Crippen molar-refractivity contribution in [2.24, 2.45) is 5.92 Å². The first-order valence-electron chi connectivity index (χ1n) is 6.74. The summed E-state index contributed by atoms with van der Waals surface area (Å²) in [5.41, 5.74) is 0.986. The van der Waals surface area contributed by atoms with Gasteiger partial charge in [-0.15, -0.1) is 0 Å². The monoisotopic (exact) mass is 279 g/mol. The third kappa shape index (κ3) is 2.39. The van der Waals surface area contributed by atoms with Crippen LogP contribution in [0.1, 0.15) is 43.7 Å². The Hall–Kier alpha value is -1.36. The van der Waals surface area contributed by atoms with Gasteiger partial charge in [-0.1, -0.05) is 0 Å². The highest BCUT2D eigenvalue weighted by atomic mass is 32.1. The number of thiophene rings is 1. The molecule has 2 aliphatic rings. The normalized spacial score (nSPS) is 28.2. The number of aliphatic carboxylic acids is 1. The van der Waals surface area contributed by atoms with Gasteiger partial charge in [0, 0.05) is 12.5 Å². The largest absolute Gasteiger partial charge is 0.481 e. The molecular weight excluding hydrogens is 262 g/mol. The summed E-state index contributed by atoms with van der Waals surface area (Å²) < 4.78 is 0. The number of carboxylic acids is 1. The van der Waals surface area contributed by atoms with E-state index in [1.165, 1.54) is 0 Å². The van der Waals surface area contributed by atoms with Crippen LogP contribution in [0, 0.1) is 5.92 Å². The molecule has 1 saturated heterocycles. The summed E-state index contributed by atoms with van der Waals surface area (Å²) in [6.07, 6.45) is 3.78. The molecule has 19 heavy (non-hydrogen) atoms. The van der Waals surface area contributed by atoms with Crippen molar-refractivity contribution in [3.63, 3.8) is 0 Å². The van der Waals surface area contributed by atoms with E-state index in [0.717, 1.165) is 18.4 Å². The van der Waals surface area contributed by atoms with E-state index in [0.29, 0.717) is 19.3 Å². The molecular formula is C14H17NO3S. The summed E-state index contributed by atoms with van der Waals surface area (Å²) in [5, 5.41) is 13.4. The minimum absolute atomic E-state index is 0.127. The average molecular weight is 279 g/mol. The lowest BCUT2D eigenvalue weighted by atomic mass is 9.90. The van der Waals surface area contributed by atoms with Crippen molar-refractivity contribution in [1.29, 1.82) is 0 Å². The van der Waals surface area contributed by atoms with Crippen LogP contribution in [0.15, 0.2) is 16.8 Å². The Morgan fingerprint density at radius 1 is 1.37 bits per heavy atom. The number of carbonyl (C=O) groups excluding carboxylic acids is 1. The van der Waals surface area contributed by atoms with Gasteiger partial charge in [-0.25, -0.2) is 0 Å². The lowest BCUT2D eigenvalue weighted by Crippen LogP contribution is -2.40. The number of hydrogen-bond donors (Lipinski definition) is 1. The summed E-state index contributed by atoms with van der Waals surface area (Å²) in [6.45, 7) is 0. The van der Waals surface area contributed by atoms with Crippen LogP contribution in [-0.4, -0.2) is 27.9 Å². The number of hydrogen-bond acceptors (Lipinski definition) is 3. The van der Waals surface area contributed by atoms with Crippen molar-refractivity contribution >= 4 is 23.2 Å². The van der Waals surface area contributed by atoms with E-state index >= 15 is 0 Å². The van der Waals surface area contributed by atoms with Crippen LogP contribution >= 0.6 is 11.3 Å². The molecule has 1 aliphatic carbocycles. The summed E-state index contributed by atoms with van der Waals surface area (Å²) >= 11 is 1.56. The van der Waals surface area contributed by atoms with Gasteiger partial charge in [0.25, 0.3) is 0 Å². The Kier molecular flexibility index (Phi) is 3.31. The van der Waals surface area contributed by atoms with Gasteiger partial charge in [0.1, 0.15) is 0 Å². The van der Waals surface area contributed by atoms with E-state index in [1.807, 2.05) is 21.7 Å². The number of likely N-dealkylation sites (tertiary alicyclic amines) is 1. The Bertz CT molecular complexity index is 481. The van der Waals surface area contributed by atoms with Crippen molar-refractivity contribution in [1.82, 2.24) is 4.90 Å². The lowest BCUT2D eigenvalue weighted by molar-refractivity contribution is -0.146. The van der Waals surface area contributed by atoms with Crippen LogP contribution in [0.25, 0.3) is 0 Å². The summed E-state index contributed by atoms with van der Waals surface area (Å²) in [5.74, 6) is -1.12. The van der Waals surface area contributed by atoms with Crippen LogP contribution < -0.4 is 0 Å². The van der Waals surface area contributed by atoms with E-state index in [1.54, 1.807) is 11.3 Å². The highest BCUT2D eigenvalue weighted by Crippen LogP contribution is 2.43. The van der Waals surface area contributed by atoms with Crippen molar-refractivity contribution in [3.8, 4) is 0 Å². The maximum atomic E-state index is 12.3. The molecule has 2 unspecified atom stereocenters. The fourth-order valence-electron chi connectivity index (χ4n) is 2.99. The Balaban J connectivity index is 2.01. The van der Waals surface area contributed by atoms with Gasteiger partial charge in [-0.05, 0) is 48.1 Å². The molecule has 1 saturated carbocycles. The van der Waals surface area contributed by atoms with Gasteiger partial charge in [0.15, 0.2) is 0 Å². The minimum Gasteiger partial charge on any atom is -0.481 e. The summed E-state index contributed by atoms with van der Waals surface area (Å²) in [7, 11) is 0. The smallest absolute Gasteiger partial charge is 0.308 e. The van der Waals surface area contributed by atoms with Crippen LogP contribution in [0.3, 0.4) is 0 Å². The van der Waals surface area contributed by atoms with E-state index in [-0.39, 0.29) is 18.0 Å². The van der Waals surface area contributed by atoms with Gasteiger partial charge in [-0.3, -0.25) is 9.59 Å². The molecule has 2 fully saturated rings. The lowest BCUT2D eigenvalue weighted by Gasteiger charge is -2.33. The Morgan fingerprint density at radius 3 is 2.74 bits per heavy atom. The molecule has 0 spiro atoms. The molecule has 1 N–H and O–H groups in total. The van der Waals surface area contributed by atoms with Crippen molar-refractivity contribution in [2.45, 2.75) is 44.2 Å². The number of carbonyl (C=O) groups is 2. The second-order valence-corrected chi connectivity index (χ2v) is 6.15. The standard InChI is InChI=1S/C14H17NO3S/c16-12-3-1-2-11(14(17)18)13(9-6-7-19-8-9)15(12)10-4-5-10/h6-8,10-11,13H,1-5H2,(H,17,18). The first-order chi connectivity index (χ1) is 9.18. The molecule has 102 valence electrons. The zero-order valence-corrected chi connectivity index (χ0v) is 11.4. The van der Waals surface area contributed by atoms with Crippen LogP contribution in [0.5, 0.6) is 0 Å². The van der Waals surface area contributed by atoms with E-state index in [4.69, 9.17) is 0 Å². The van der Waals surface area contributed by atoms with E-state index in [2.05, 4.69) is 0 Å². The van der Waals surface area contributed by atoms with Crippen LogP contribution in [0.2, 0.25) is 0 Å². The second kappa shape index (κ2) is 4.96. The molecule has 2 atom stereocenters. The highest BCUT2D eigenvalue weighted by molar-refractivity contribution is 7.08. The summed E-state index contributed by atoms with van der Waals surface area (Å²) in [6, 6.07) is 1.95. The van der Waals surface area contributed by atoms with Crippen LogP contribution in [-0.2, 0) is 9.59 Å². The minimum atomic E-state index is -0.781. The Labute approximate surface area is 116 Å². The topological polar surface area (TPSA) is 57.6 Å². The van der Waals surface area contributed by atoms with Gasteiger partial charge in [0.05, 0.1) is 12.0 Å². The predicted molar refractivity (Wildman–Crippen MR) is 71.9 cm³/mol. The molecule has 3 rings (SSSR count). The molecule has 0 bridgehead atoms. The predicted octanol–water partition coefficient (Wildman–Crippen LogP) is 2.66. The van der Waals surface area contributed by atoms with Gasteiger partial charge >= 0.3 is 5.97 Å². The fraction of sp³-hybridized carbons (Fsp3) is 0.571. The molecule has 1 aromatic heterocycles. The Morgan fingerprint density at radius 2 is 2.16 bits per heavy atom. The van der Waals surface area contributed by atoms with Crippen molar-refractivity contribution in [2.75, 3.05) is 0 Å². The third-order valence-electron chi connectivity index (χ3n) is 4.02. The maximum absolute atomic E-state index is 12.3. The van der Waals surface area contributed by atoms with Gasteiger partial charge in [0.2, 0.25) is 5.91 Å². The SMILES string of the molecule is O=C(O)C1CCCC(=O)N(C2CC2)C1c1ccsc1. The molecule has 1 aliphatic heterocycles. The fourth-order valence-corrected chi connectivity index (χ4v) is 3.68. The molecule has 1 amide bonds. The quantitative estimate of drug-likeness (QED) is 0.925.